The minimum Gasteiger partial charge on any atom is -0.497 e. The third-order valence-corrected chi connectivity index (χ3v) is 6.18. The minimum atomic E-state index is 0.190. The molecular weight excluding hydrogens is 324 g/mol. The maximum Gasteiger partial charge on any atom is 0.220 e. The molecule has 1 aromatic carbocycles. The van der Waals surface area contributed by atoms with Crippen molar-refractivity contribution in [1.82, 2.24) is 10.2 Å². The number of amides is 1. The van der Waals surface area contributed by atoms with E-state index in [1.807, 2.05) is 12.1 Å². The number of nitrogens with zero attached hydrogens (tertiary/aromatic N) is 1. The van der Waals surface area contributed by atoms with Gasteiger partial charge in [0.2, 0.25) is 5.91 Å². The van der Waals surface area contributed by atoms with E-state index in [0.717, 1.165) is 31.3 Å². The predicted molar refractivity (Wildman–Crippen MR) is 106 cm³/mol. The number of nitrogens with one attached hydrogen (secondary N) is 1. The molecule has 1 saturated heterocycles. The van der Waals surface area contributed by atoms with Crippen LogP contribution >= 0.6 is 0 Å². The summed E-state index contributed by atoms with van der Waals surface area (Å²) < 4.78 is 5.25. The number of ether oxygens (including phenoxy) is 1. The van der Waals surface area contributed by atoms with Crippen molar-refractivity contribution in [3.05, 3.63) is 29.8 Å². The van der Waals surface area contributed by atoms with Gasteiger partial charge >= 0.3 is 0 Å². The van der Waals surface area contributed by atoms with E-state index in [0.29, 0.717) is 24.3 Å². The molecule has 2 aliphatic rings. The molecule has 1 aliphatic carbocycles. The van der Waals surface area contributed by atoms with Crippen molar-refractivity contribution in [2.24, 2.45) is 11.8 Å². The highest BCUT2D eigenvalue weighted by Crippen LogP contribution is 2.44. The second kappa shape index (κ2) is 8.90. The summed E-state index contributed by atoms with van der Waals surface area (Å²) in [5, 5.41) is 3.19. The minimum absolute atomic E-state index is 0.190. The molecule has 2 atom stereocenters. The summed E-state index contributed by atoms with van der Waals surface area (Å²) in [4.78, 5) is 15.1. The van der Waals surface area contributed by atoms with Crippen molar-refractivity contribution >= 4 is 5.91 Å². The molecule has 3 rings (SSSR count). The number of rotatable bonds is 8. The molecule has 1 saturated carbocycles. The Labute approximate surface area is 158 Å². The molecule has 144 valence electrons. The molecule has 4 nitrogen and oxygen atoms in total. The number of methoxy groups -OCH3 is 1. The summed E-state index contributed by atoms with van der Waals surface area (Å²) in [5.74, 6) is 2.91. The van der Waals surface area contributed by atoms with Gasteiger partial charge in [-0.25, -0.2) is 0 Å². The molecule has 0 spiro atoms. The summed E-state index contributed by atoms with van der Waals surface area (Å²) in [6.07, 6.45) is 5.64. The summed E-state index contributed by atoms with van der Waals surface area (Å²) in [6.45, 7) is 7.65. The molecule has 0 aromatic heterocycles. The SMILES string of the molecule is COc1ccc(C(CC(=O)NCC(C)N2CCC(C)CC2)C2CC2)cc1. The monoisotopic (exact) mass is 358 g/mol. The lowest BCUT2D eigenvalue weighted by molar-refractivity contribution is -0.121. The third-order valence-electron chi connectivity index (χ3n) is 6.18. The van der Waals surface area contributed by atoms with Gasteiger partial charge in [-0.15, -0.1) is 0 Å². The second-order valence-electron chi connectivity index (χ2n) is 8.29. The van der Waals surface area contributed by atoms with E-state index in [9.17, 15) is 4.79 Å². The molecule has 2 fully saturated rings. The number of benzene rings is 1. The van der Waals surface area contributed by atoms with E-state index >= 15 is 0 Å². The predicted octanol–water partition coefficient (Wildman–Crippen LogP) is 3.82. The first-order valence-corrected chi connectivity index (χ1v) is 10.2. The van der Waals surface area contributed by atoms with Crippen LogP contribution < -0.4 is 10.1 Å². The van der Waals surface area contributed by atoms with Crippen molar-refractivity contribution in [3.63, 3.8) is 0 Å². The van der Waals surface area contributed by atoms with Crippen molar-refractivity contribution in [2.45, 2.75) is 57.9 Å². The molecular formula is C22H34N2O2. The van der Waals surface area contributed by atoms with Crippen molar-refractivity contribution in [3.8, 4) is 5.75 Å². The van der Waals surface area contributed by atoms with Gasteiger partial charge in [-0.1, -0.05) is 19.1 Å². The van der Waals surface area contributed by atoms with E-state index in [-0.39, 0.29) is 5.91 Å². The molecule has 1 aliphatic heterocycles. The van der Waals surface area contributed by atoms with Crippen LogP contribution in [0.1, 0.15) is 57.4 Å². The number of likely N-dealkylation sites (tertiary alicyclic amines) is 1. The molecule has 1 amide bonds. The van der Waals surface area contributed by atoms with Crippen LogP contribution in [0.4, 0.5) is 0 Å². The van der Waals surface area contributed by atoms with Crippen LogP contribution in [0.5, 0.6) is 5.75 Å². The van der Waals surface area contributed by atoms with Crippen molar-refractivity contribution in [2.75, 3.05) is 26.7 Å². The first-order valence-electron chi connectivity index (χ1n) is 10.2. The van der Waals surface area contributed by atoms with Crippen LogP contribution in [-0.2, 0) is 4.79 Å². The highest BCUT2D eigenvalue weighted by Gasteiger charge is 2.33. The van der Waals surface area contributed by atoms with Crippen LogP contribution in [0.25, 0.3) is 0 Å². The Bertz CT molecular complexity index is 574. The van der Waals surface area contributed by atoms with Gasteiger partial charge in [0.25, 0.3) is 0 Å². The van der Waals surface area contributed by atoms with Gasteiger partial charge in [0.15, 0.2) is 0 Å². The van der Waals surface area contributed by atoms with Gasteiger partial charge in [0, 0.05) is 19.0 Å². The summed E-state index contributed by atoms with van der Waals surface area (Å²) in [7, 11) is 1.69. The Morgan fingerprint density at radius 2 is 1.85 bits per heavy atom. The molecule has 1 aromatic rings. The van der Waals surface area contributed by atoms with Crippen molar-refractivity contribution in [1.29, 1.82) is 0 Å². The largest absolute Gasteiger partial charge is 0.497 e. The van der Waals surface area contributed by atoms with E-state index in [1.165, 1.54) is 31.2 Å². The lowest BCUT2D eigenvalue weighted by atomic mass is 9.90. The van der Waals surface area contributed by atoms with E-state index in [4.69, 9.17) is 4.74 Å². The smallest absolute Gasteiger partial charge is 0.220 e. The second-order valence-corrected chi connectivity index (χ2v) is 8.29. The summed E-state index contributed by atoms with van der Waals surface area (Å²) in [6, 6.07) is 8.66. The van der Waals surface area contributed by atoms with Crippen LogP contribution in [-0.4, -0.2) is 43.6 Å². The molecule has 0 radical (unpaired) electrons. The zero-order valence-corrected chi connectivity index (χ0v) is 16.5. The fourth-order valence-electron chi connectivity index (χ4n) is 4.04. The van der Waals surface area contributed by atoms with Gasteiger partial charge in [0.05, 0.1) is 7.11 Å². The lowest BCUT2D eigenvalue weighted by Gasteiger charge is -2.35. The number of hydrogen-bond donors (Lipinski definition) is 1. The van der Waals surface area contributed by atoms with Gasteiger partial charge in [-0.2, -0.15) is 0 Å². The van der Waals surface area contributed by atoms with Crippen LogP contribution in [0.3, 0.4) is 0 Å². The van der Waals surface area contributed by atoms with Gasteiger partial charge in [0.1, 0.15) is 5.75 Å². The molecule has 1 heterocycles. The molecule has 1 N–H and O–H groups in total. The Hall–Kier alpha value is -1.55. The molecule has 2 unspecified atom stereocenters. The summed E-state index contributed by atoms with van der Waals surface area (Å²) >= 11 is 0. The highest BCUT2D eigenvalue weighted by atomic mass is 16.5. The average molecular weight is 359 g/mol. The third kappa shape index (κ3) is 5.23. The van der Waals surface area contributed by atoms with E-state index in [2.05, 4.69) is 36.2 Å². The number of carbonyl (C=O) groups is 1. The average Bonchev–Trinajstić information content (AvgIpc) is 3.50. The first-order chi connectivity index (χ1) is 12.6. The van der Waals surface area contributed by atoms with Gasteiger partial charge < -0.3 is 10.1 Å². The van der Waals surface area contributed by atoms with Gasteiger partial charge in [-0.05, 0) is 81.1 Å². The Morgan fingerprint density at radius 3 is 2.42 bits per heavy atom. The standard InChI is InChI=1S/C22H34N2O2/c1-16-10-12-24(13-11-16)17(2)15-23-22(25)14-21(18-4-5-18)19-6-8-20(26-3)9-7-19/h6-9,16-18,21H,4-5,10-15H2,1-3H3,(H,23,25). The van der Waals surface area contributed by atoms with E-state index < -0.39 is 0 Å². The molecule has 26 heavy (non-hydrogen) atoms. The Morgan fingerprint density at radius 1 is 1.19 bits per heavy atom. The quantitative estimate of drug-likeness (QED) is 0.768. The topological polar surface area (TPSA) is 41.6 Å². The Kier molecular flexibility index (Phi) is 6.58. The lowest BCUT2D eigenvalue weighted by Crippen LogP contribution is -2.45. The van der Waals surface area contributed by atoms with Crippen molar-refractivity contribution < 1.29 is 9.53 Å². The Balaban J connectivity index is 1.48. The fraction of sp³-hybridized carbons (Fsp3) is 0.682. The number of piperidine rings is 1. The van der Waals surface area contributed by atoms with E-state index in [1.54, 1.807) is 7.11 Å². The van der Waals surface area contributed by atoms with Crippen LogP contribution in [0.15, 0.2) is 24.3 Å². The normalized spacial score (nSPS) is 21.2. The van der Waals surface area contributed by atoms with Crippen LogP contribution in [0.2, 0.25) is 0 Å². The first kappa shape index (κ1) is 19.2. The maximum atomic E-state index is 12.6. The van der Waals surface area contributed by atoms with Crippen LogP contribution in [0, 0.1) is 11.8 Å². The summed E-state index contributed by atoms with van der Waals surface area (Å²) in [5.41, 5.74) is 1.27. The maximum absolute atomic E-state index is 12.6. The zero-order valence-electron chi connectivity index (χ0n) is 16.5. The highest BCUT2D eigenvalue weighted by molar-refractivity contribution is 5.77. The number of carbonyl (C=O) groups excluding carboxylic acids is 1. The zero-order chi connectivity index (χ0) is 18.5. The fourth-order valence-corrected chi connectivity index (χ4v) is 4.04. The molecule has 0 bridgehead atoms. The number of hydrogen-bond acceptors (Lipinski definition) is 3. The van der Waals surface area contributed by atoms with Gasteiger partial charge in [-0.3, -0.25) is 9.69 Å². The molecule has 4 heteroatoms.